The zero-order valence-electron chi connectivity index (χ0n) is 11.7. The van der Waals surface area contributed by atoms with E-state index >= 15 is 0 Å². The van der Waals surface area contributed by atoms with E-state index in [9.17, 15) is 9.59 Å². The molecular formula is C15H15NO5. The number of rotatable bonds is 5. The van der Waals surface area contributed by atoms with Gasteiger partial charge in [0.1, 0.15) is 12.0 Å². The van der Waals surface area contributed by atoms with Crippen LogP contribution in [0.4, 0.5) is 5.69 Å². The van der Waals surface area contributed by atoms with Gasteiger partial charge in [0.25, 0.3) is 0 Å². The molecule has 0 fully saturated rings. The lowest BCUT2D eigenvalue weighted by molar-refractivity contribution is 0.0599. The summed E-state index contributed by atoms with van der Waals surface area (Å²) in [5, 5.41) is 12.1. The molecule has 2 rings (SSSR count). The van der Waals surface area contributed by atoms with Gasteiger partial charge >= 0.3 is 11.9 Å². The number of benzene rings is 1. The number of anilines is 1. The Morgan fingerprint density at radius 3 is 2.71 bits per heavy atom. The van der Waals surface area contributed by atoms with Gasteiger partial charge in [-0.3, -0.25) is 0 Å². The summed E-state index contributed by atoms with van der Waals surface area (Å²) in [7, 11) is 1.30. The summed E-state index contributed by atoms with van der Waals surface area (Å²) in [5.41, 5.74) is 2.16. The van der Waals surface area contributed by atoms with Gasteiger partial charge in [-0.1, -0.05) is 6.07 Å². The maximum atomic E-state index is 11.3. The topological polar surface area (TPSA) is 88.8 Å². The molecule has 1 heterocycles. The molecule has 0 atom stereocenters. The number of methoxy groups -OCH3 is 1. The van der Waals surface area contributed by atoms with Crippen LogP contribution < -0.4 is 5.32 Å². The minimum absolute atomic E-state index is 0.206. The second kappa shape index (κ2) is 6.13. The number of carboxylic acid groups (broad SMARTS) is 1. The molecule has 6 heteroatoms. The minimum atomic E-state index is -0.982. The summed E-state index contributed by atoms with van der Waals surface area (Å²) in [5.74, 6) is -0.895. The van der Waals surface area contributed by atoms with E-state index in [2.05, 4.69) is 10.1 Å². The molecule has 21 heavy (non-hydrogen) atoms. The number of hydrogen-bond acceptors (Lipinski definition) is 5. The molecule has 0 amide bonds. The second-order valence-corrected chi connectivity index (χ2v) is 4.48. The lowest BCUT2D eigenvalue weighted by Crippen LogP contribution is -2.03. The van der Waals surface area contributed by atoms with E-state index in [4.69, 9.17) is 9.52 Å². The Balaban J connectivity index is 2.09. The SMILES string of the molecule is COC(=O)c1coc(CNc2cc(C(=O)O)ccc2C)c1. The number of aromatic carboxylic acids is 1. The number of nitrogens with one attached hydrogen (secondary N) is 1. The molecule has 0 saturated carbocycles. The number of ether oxygens (including phenoxy) is 1. The average molecular weight is 289 g/mol. The van der Waals surface area contributed by atoms with Gasteiger partial charge in [-0.25, -0.2) is 9.59 Å². The Hall–Kier alpha value is -2.76. The molecule has 6 nitrogen and oxygen atoms in total. The largest absolute Gasteiger partial charge is 0.478 e. The van der Waals surface area contributed by atoms with Crippen LogP contribution in [0.5, 0.6) is 0 Å². The highest BCUT2D eigenvalue weighted by molar-refractivity contribution is 5.89. The van der Waals surface area contributed by atoms with Crippen LogP contribution in [-0.4, -0.2) is 24.2 Å². The lowest BCUT2D eigenvalue weighted by atomic mass is 10.1. The van der Waals surface area contributed by atoms with Gasteiger partial charge < -0.3 is 19.6 Å². The van der Waals surface area contributed by atoms with E-state index < -0.39 is 11.9 Å². The molecule has 0 aliphatic heterocycles. The van der Waals surface area contributed by atoms with Gasteiger partial charge in [0.2, 0.25) is 0 Å². The van der Waals surface area contributed by atoms with E-state index in [-0.39, 0.29) is 5.56 Å². The smallest absolute Gasteiger partial charge is 0.341 e. The van der Waals surface area contributed by atoms with Crippen molar-refractivity contribution in [3.8, 4) is 0 Å². The second-order valence-electron chi connectivity index (χ2n) is 4.48. The van der Waals surface area contributed by atoms with E-state index in [1.165, 1.54) is 13.4 Å². The molecule has 0 aliphatic carbocycles. The van der Waals surface area contributed by atoms with E-state index in [1.807, 2.05) is 6.92 Å². The molecule has 2 N–H and O–H groups in total. The monoisotopic (exact) mass is 289 g/mol. The maximum absolute atomic E-state index is 11.3. The predicted molar refractivity (Wildman–Crippen MR) is 75.5 cm³/mol. The fourth-order valence-electron chi connectivity index (χ4n) is 1.83. The molecule has 0 saturated heterocycles. The maximum Gasteiger partial charge on any atom is 0.341 e. The third-order valence-electron chi connectivity index (χ3n) is 3.01. The molecule has 0 unspecified atom stereocenters. The highest BCUT2D eigenvalue weighted by atomic mass is 16.5. The van der Waals surface area contributed by atoms with Crippen molar-refractivity contribution < 1.29 is 23.8 Å². The van der Waals surface area contributed by atoms with Crippen molar-refractivity contribution in [1.29, 1.82) is 0 Å². The average Bonchev–Trinajstić information content (AvgIpc) is 2.94. The van der Waals surface area contributed by atoms with Crippen molar-refractivity contribution in [3.05, 3.63) is 53.0 Å². The fraction of sp³-hybridized carbons (Fsp3) is 0.200. The van der Waals surface area contributed by atoms with Crippen LogP contribution in [-0.2, 0) is 11.3 Å². The van der Waals surface area contributed by atoms with Crippen LogP contribution in [0, 0.1) is 6.92 Å². The van der Waals surface area contributed by atoms with Gasteiger partial charge in [-0.2, -0.15) is 0 Å². The first kappa shape index (κ1) is 14.6. The third kappa shape index (κ3) is 3.42. The summed E-state index contributed by atoms with van der Waals surface area (Å²) >= 11 is 0. The van der Waals surface area contributed by atoms with E-state index in [1.54, 1.807) is 24.3 Å². The normalized spacial score (nSPS) is 10.2. The van der Waals surface area contributed by atoms with E-state index in [0.717, 1.165) is 5.56 Å². The van der Waals surface area contributed by atoms with Crippen LogP contribution in [0.1, 0.15) is 32.0 Å². The molecule has 0 bridgehead atoms. The Morgan fingerprint density at radius 1 is 1.29 bits per heavy atom. The fourth-order valence-corrected chi connectivity index (χ4v) is 1.83. The quantitative estimate of drug-likeness (QED) is 0.823. The Morgan fingerprint density at radius 2 is 2.05 bits per heavy atom. The number of esters is 1. The van der Waals surface area contributed by atoms with E-state index in [0.29, 0.717) is 23.6 Å². The Bertz CT molecular complexity index is 674. The van der Waals surface area contributed by atoms with Crippen molar-refractivity contribution in [1.82, 2.24) is 0 Å². The summed E-state index contributed by atoms with van der Waals surface area (Å²) in [6, 6.07) is 6.41. The van der Waals surface area contributed by atoms with Crippen LogP contribution in [0.25, 0.3) is 0 Å². The first-order chi connectivity index (χ1) is 10.0. The first-order valence-corrected chi connectivity index (χ1v) is 6.25. The summed E-state index contributed by atoms with van der Waals surface area (Å²) < 4.78 is 9.84. The lowest BCUT2D eigenvalue weighted by Gasteiger charge is -2.09. The number of carboxylic acids is 1. The number of furan rings is 1. The van der Waals surface area contributed by atoms with Crippen LogP contribution in [0.15, 0.2) is 34.9 Å². The molecule has 110 valence electrons. The minimum Gasteiger partial charge on any atom is -0.478 e. The Labute approximate surface area is 121 Å². The molecular weight excluding hydrogens is 274 g/mol. The van der Waals surface area contributed by atoms with Crippen LogP contribution >= 0.6 is 0 Å². The summed E-state index contributed by atoms with van der Waals surface area (Å²) in [6.07, 6.45) is 1.32. The van der Waals surface area contributed by atoms with Gasteiger partial charge in [0.15, 0.2) is 0 Å². The zero-order valence-corrected chi connectivity index (χ0v) is 11.7. The standard InChI is InChI=1S/C15H15NO5/c1-9-3-4-10(14(17)18)6-13(9)16-7-12-5-11(8-21-12)15(19)20-2/h3-6,8,16H,7H2,1-2H3,(H,17,18). The number of carbonyl (C=O) groups excluding carboxylic acids is 1. The molecule has 1 aromatic carbocycles. The number of hydrogen-bond donors (Lipinski definition) is 2. The van der Waals surface area contributed by atoms with Crippen LogP contribution in [0.3, 0.4) is 0 Å². The van der Waals surface area contributed by atoms with Crippen molar-refractivity contribution in [2.45, 2.75) is 13.5 Å². The molecule has 2 aromatic rings. The predicted octanol–water partition coefficient (Wildman–Crippen LogP) is 2.68. The van der Waals surface area contributed by atoms with Crippen molar-refractivity contribution in [2.75, 3.05) is 12.4 Å². The van der Waals surface area contributed by atoms with Crippen molar-refractivity contribution >= 4 is 17.6 Å². The molecule has 0 radical (unpaired) electrons. The van der Waals surface area contributed by atoms with Gasteiger partial charge in [-0.15, -0.1) is 0 Å². The highest BCUT2D eigenvalue weighted by Crippen LogP contribution is 2.19. The summed E-state index contributed by atoms with van der Waals surface area (Å²) in [6.45, 7) is 2.21. The molecule has 1 aromatic heterocycles. The third-order valence-corrected chi connectivity index (χ3v) is 3.01. The zero-order chi connectivity index (χ0) is 15.4. The highest BCUT2D eigenvalue weighted by Gasteiger charge is 2.11. The molecule has 0 aliphatic rings. The van der Waals surface area contributed by atoms with Crippen molar-refractivity contribution in [2.24, 2.45) is 0 Å². The van der Waals surface area contributed by atoms with Crippen molar-refractivity contribution in [3.63, 3.8) is 0 Å². The van der Waals surface area contributed by atoms with Gasteiger partial charge in [0, 0.05) is 5.69 Å². The van der Waals surface area contributed by atoms with Gasteiger partial charge in [-0.05, 0) is 30.7 Å². The van der Waals surface area contributed by atoms with Crippen LogP contribution in [0.2, 0.25) is 0 Å². The number of carbonyl (C=O) groups is 2. The summed E-state index contributed by atoms with van der Waals surface area (Å²) in [4.78, 5) is 22.3. The Kier molecular flexibility index (Phi) is 4.27. The van der Waals surface area contributed by atoms with Gasteiger partial charge in [0.05, 0.1) is 24.8 Å². The number of aryl methyl sites for hydroxylation is 1. The molecule has 0 spiro atoms. The first-order valence-electron chi connectivity index (χ1n) is 6.25.